The predicted octanol–water partition coefficient (Wildman–Crippen LogP) is 6.03. The molecule has 556 valence electrons. The first kappa shape index (κ1) is 82.1. The van der Waals surface area contributed by atoms with E-state index in [4.69, 9.17) is 9.47 Å². The van der Waals surface area contributed by atoms with Crippen LogP contribution in [0.5, 0.6) is 0 Å². The number of aliphatic carboxylic acids is 6. The molecule has 98 heavy (non-hydrogen) atoms. The van der Waals surface area contributed by atoms with Crippen LogP contribution in [0, 0.1) is 23.7 Å². The molecule has 10 N–H and O–H groups in total. The summed E-state index contributed by atoms with van der Waals surface area (Å²) in [5, 5.41) is 68.3. The van der Waals surface area contributed by atoms with E-state index < -0.39 is 108 Å². The molecule has 4 saturated heterocycles. The van der Waals surface area contributed by atoms with Crippen LogP contribution in [0.25, 0.3) is 0 Å². The summed E-state index contributed by atoms with van der Waals surface area (Å²) in [7, 11) is 0. The van der Waals surface area contributed by atoms with E-state index in [1.807, 2.05) is 27.7 Å². The van der Waals surface area contributed by atoms with Crippen LogP contribution in [-0.4, -0.2) is 232 Å². The topological polar surface area (TPSA) is 406 Å². The summed E-state index contributed by atoms with van der Waals surface area (Å²) < 4.78 is 10.2. The Morgan fingerprint density at radius 2 is 0.582 bits per heavy atom. The highest BCUT2D eigenvalue weighted by Gasteiger charge is 2.54. The molecule has 0 aromatic carbocycles. The Balaban J connectivity index is 0.000000236. The number of fused-ring (bicyclic) bond motifs is 4. The highest BCUT2D eigenvalue weighted by atomic mass is 16.5. The van der Waals surface area contributed by atoms with Gasteiger partial charge in [0, 0.05) is 24.2 Å². The lowest BCUT2D eigenvalue weighted by Gasteiger charge is -2.31. The Morgan fingerprint density at radius 3 is 0.816 bits per heavy atom. The van der Waals surface area contributed by atoms with E-state index in [1.54, 1.807) is 51.3 Å². The number of likely N-dealkylation sites (tertiary alicyclic amines) is 4. The minimum absolute atomic E-state index is 0.0118. The van der Waals surface area contributed by atoms with Crippen molar-refractivity contribution in [3.05, 3.63) is 0 Å². The van der Waals surface area contributed by atoms with Crippen LogP contribution in [0.4, 0.5) is 0 Å². The molecule has 4 aliphatic carbocycles. The number of nitrogens with one attached hydrogen (secondary N) is 4. The summed E-state index contributed by atoms with van der Waals surface area (Å²) in [6, 6.07) is -8.37. The van der Waals surface area contributed by atoms with Crippen molar-refractivity contribution in [3.63, 3.8) is 0 Å². The Kier molecular flexibility index (Phi) is 33.1. The highest BCUT2D eigenvalue weighted by Crippen LogP contribution is 2.45. The van der Waals surface area contributed by atoms with Crippen molar-refractivity contribution in [1.82, 2.24) is 40.9 Å². The number of nitrogens with zero attached hydrogens (tertiary/aromatic N) is 4. The van der Waals surface area contributed by atoms with Crippen molar-refractivity contribution >= 4 is 71.4 Å². The van der Waals surface area contributed by atoms with Gasteiger partial charge >= 0.3 is 47.8 Å². The van der Waals surface area contributed by atoms with E-state index in [2.05, 4.69) is 21.3 Å². The Morgan fingerprint density at radius 1 is 0.347 bits per heavy atom. The summed E-state index contributed by atoms with van der Waals surface area (Å²) >= 11 is 0. The number of hydrogen-bond donors (Lipinski definition) is 10. The molecule has 0 radical (unpaired) electrons. The minimum atomic E-state index is -0.985. The van der Waals surface area contributed by atoms with E-state index >= 15 is 0 Å². The van der Waals surface area contributed by atoms with E-state index in [1.165, 1.54) is 9.80 Å². The maximum Gasteiger partial charge on any atom is 0.326 e. The van der Waals surface area contributed by atoms with Crippen molar-refractivity contribution in [2.75, 3.05) is 13.2 Å². The molecule has 0 unspecified atom stereocenters. The number of carbonyl (C=O) groups is 12. The van der Waals surface area contributed by atoms with Crippen molar-refractivity contribution < 1.29 is 97.6 Å². The third-order valence-corrected chi connectivity index (χ3v) is 21.4. The maximum absolute atomic E-state index is 13.0. The molecule has 20 atom stereocenters. The number of ether oxygens (including phenoxy) is 2. The SMILES string of the molecule is CCCC[C@H](N[C@@H](C)C(=O)N1[C@H](C(=O)O)C[C@@H]2CCC[C@@H]21)C(=O)O.CCCC[C@H](N[C@@H](C)C(=O)N1[C@H](C(=O)O)C[C@@H]2CCC[C@@H]21)C(=O)OCC.CCC[C@H](N[C@@H](C)C(=O)N1[C@H](C(=O)O)C[C@@H]2CCC[C@@H]21)C(=O)O.CCC[C@H](N[C@@H](C)C(=O)N1[C@H](C(=O)O)C[C@@H]2CCC[C@@H]21)C(=O)OCC. The van der Waals surface area contributed by atoms with Gasteiger partial charge in [0.1, 0.15) is 48.3 Å². The number of unbranched alkanes of at least 4 members (excludes halogenated alkanes) is 2. The summed E-state index contributed by atoms with van der Waals surface area (Å²) in [6.45, 7) is 18.6. The van der Waals surface area contributed by atoms with Gasteiger partial charge < -0.3 is 59.7 Å². The second kappa shape index (κ2) is 39.5. The van der Waals surface area contributed by atoms with Crippen molar-refractivity contribution in [3.8, 4) is 0 Å². The monoisotopic (exact) mass is 1390 g/mol. The van der Waals surface area contributed by atoms with Crippen LogP contribution in [0.15, 0.2) is 0 Å². The Bertz CT molecular complexity index is 2720. The average Bonchev–Trinajstić information content (AvgIpc) is 1.65. The van der Waals surface area contributed by atoms with Gasteiger partial charge in [0.2, 0.25) is 23.6 Å². The first-order chi connectivity index (χ1) is 46.5. The summed E-state index contributed by atoms with van der Waals surface area (Å²) in [5.41, 5.74) is 0. The Hall–Kier alpha value is -6.52. The van der Waals surface area contributed by atoms with Gasteiger partial charge in [-0.15, -0.1) is 0 Å². The highest BCUT2D eigenvalue weighted by molar-refractivity contribution is 5.91. The lowest BCUT2D eigenvalue weighted by molar-refractivity contribution is -0.151. The molecule has 4 amide bonds. The van der Waals surface area contributed by atoms with Gasteiger partial charge in [-0.25, -0.2) is 19.2 Å². The maximum atomic E-state index is 13.0. The van der Waals surface area contributed by atoms with Crippen LogP contribution in [0.3, 0.4) is 0 Å². The molecular weight excluding hydrogens is 1270 g/mol. The standard InChI is InChI=1S/C19H32N2O5.C18H30N2O5.C17H28N2O5.C16H26N2O5/c1-4-6-9-14(19(25)26-5-2)20-12(3)17(22)21-15-10-7-8-13(15)11-16(21)18(23)24;1-4-7-13(18(24)25-5-2)19-11(3)16(21)20-14-9-6-8-12(14)10-15(20)17(22)23;1-3-4-7-12(16(21)22)18-10(2)15(20)19-13-8-5-6-11(13)9-14(19)17(23)24;1-3-5-11(15(20)21)17-9(2)14(19)18-12-7-4-6-10(12)8-13(18)16(22)23/h12-16,20H,4-11H2,1-3H3,(H,23,24);11-15,19H,4-10H2,1-3H3,(H,22,23);10-14,18H,3-9H2,1-2H3,(H,21,22)(H,23,24);9-13,17H,3-8H2,1-2H3,(H,20,21)(H,22,23)/t12-,13-,14-,15-,16-;11-,12-,13-,14-,15-;10-,11-,12-,13-,14-;9-,10-,11-,12-,13-/m0000/s1. The first-order valence-corrected chi connectivity index (χ1v) is 36.6. The van der Waals surface area contributed by atoms with Gasteiger partial charge in [-0.05, 0) is 168 Å². The predicted molar refractivity (Wildman–Crippen MR) is 359 cm³/mol. The summed E-state index contributed by atoms with van der Waals surface area (Å²) in [6.07, 6.45) is 20.5. The normalized spacial score (nSPS) is 28.0. The summed E-state index contributed by atoms with van der Waals surface area (Å²) in [4.78, 5) is 151. The molecule has 0 aromatic rings. The lowest BCUT2D eigenvalue weighted by Crippen LogP contribution is -2.55. The number of amides is 4. The number of rotatable bonds is 32. The molecule has 4 aliphatic heterocycles. The molecule has 8 aliphatic rings. The molecule has 0 bridgehead atoms. The quantitative estimate of drug-likeness (QED) is 0.0344. The van der Waals surface area contributed by atoms with Crippen molar-refractivity contribution in [2.45, 2.75) is 333 Å². The van der Waals surface area contributed by atoms with Gasteiger partial charge in [0.05, 0.1) is 37.4 Å². The molecule has 8 rings (SSSR count). The molecule has 4 saturated carbocycles. The molecular formula is C70H116N8O20. The molecule has 4 heterocycles. The van der Waals surface area contributed by atoms with Gasteiger partial charge in [0.25, 0.3) is 0 Å². The van der Waals surface area contributed by atoms with Crippen LogP contribution in [0.1, 0.15) is 236 Å². The molecule has 28 nitrogen and oxygen atoms in total. The van der Waals surface area contributed by atoms with Crippen LogP contribution < -0.4 is 21.3 Å². The third kappa shape index (κ3) is 21.3. The van der Waals surface area contributed by atoms with Gasteiger partial charge in [-0.1, -0.05) is 91.9 Å². The fourth-order valence-corrected chi connectivity index (χ4v) is 16.7. The van der Waals surface area contributed by atoms with E-state index in [0.29, 0.717) is 71.0 Å². The van der Waals surface area contributed by atoms with Gasteiger partial charge in [-0.3, -0.25) is 59.6 Å². The fourth-order valence-electron chi connectivity index (χ4n) is 16.7. The second-order valence-electron chi connectivity index (χ2n) is 28.2. The molecule has 0 spiro atoms. The van der Waals surface area contributed by atoms with Crippen LogP contribution in [-0.2, 0) is 67.0 Å². The van der Waals surface area contributed by atoms with Crippen LogP contribution in [0.2, 0.25) is 0 Å². The number of carboxylic acids is 6. The first-order valence-electron chi connectivity index (χ1n) is 36.6. The number of carbonyl (C=O) groups excluding carboxylic acids is 6. The zero-order valence-corrected chi connectivity index (χ0v) is 59.5. The largest absolute Gasteiger partial charge is 0.480 e. The molecule has 0 aromatic heterocycles. The van der Waals surface area contributed by atoms with E-state index in [0.717, 1.165) is 109 Å². The Labute approximate surface area is 577 Å². The third-order valence-electron chi connectivity index (χ3n) is 21.4. The smallest absolute Gasteiger partial charge is 0.326 e. The minimum Gasteiger partial charge on any atom is -0.480 e. The van der Waals surface area contributed by atoms with Crippen molar-refractivity contribution in [2.24, 2.45) is 23.7 Å². The van der Waals surface area contributed by atoms with Gasteiger partial charge in [-0.2, -0.15) is 0 Å². The summed E-state index contributed by atoms with van der Waals surface area (Å²) in [5.74, 6) is -6.43. The zero-order chi connectivity index (χ0) is 72.8. The number of esters is 2. The van der Waals surface area contributed by atoms with E-state index in [-0.39, 0.29) is 83.4 Å². The zero-order valence-electron chi connectivity index (χ0n) is 59.5. The van der Waals surface area contributed by atoms with E-state index in [9.17, 15) is 88.2 Å². The molecule has 8 fully saturated rings. The number of carboxylic acid groups (broad SMARTS) is 6. The number of hydrogen-bond acceptors (Lipinski definition) is 18. The van der Waals surface area contributed by atoms with Gasteiger partial charge in [0.15, 0.2) is 0 Å². The average molecular weight is 1390 g/mol. The van der Waals surface area contributed by atoms with Crippen molar-refractivity contribution in [1.29, 1.82) is 0 Å². The second-order valence-corrected chi connectivity index (χ2v) is 28.2. The van der Waals surface area contributed by atoms with Crippen LogP contribution >= 0.6 is 0 Å². The molecule has 28 heteroatoms. The fraction of sp³-hybridized carbons (Fsp3) is 0.829. The lowest BCUT2D eigenvalue weighted by atomic mass is 10.0.